The molecule has 0 saturated carbocycles. The third-order valence-electron chi connectivity index (χ3n) is 2.39. The van der Waals surface area contributed by atoms with Crippen molar-refractivity contribution in [3.05, 3.63) is 12.5 Å². The van der Waals surface area contributed by atoms with E-state index < -0.39 is 21.2 Å². The quantitative estimate of drug-likeness (QED) is 0.798. The van der Waals surface area contributed by atoms with Crippen molar-refractivity contribution < 1.29 is 17.9 Å². The van der Waals surface area contributed by atoms with Crippen molar-refractivity contribution in [2.24, 2.45) is 0 Å². The molecular weight excluding hydrogens is 272 g/mol. The summed E-state index contributed by atoms with van der Waals surface area (Å²) in [5.41, 5.74) is 0. The Hall–Kier alpha value is -1.90. The fraction of sp³-hybridized carbons (Fsp3) is 0.500. The van der Waals surface area contributed by atoms with E-state index in [-0.39, 0.29) is 11.6 Å². The number of anilines is 1. The number of sulfonamides is 1. The summed E-state index contributed by atoms with van der Waals surface area (Å²) >= 11 is 0. The van der Waals surface area contributed by atoms with Crippen LogP contribution >= 0.6 is 0 Å². The lowest BCUT2D eigenvalue weighted by Crippen LogP contribution is -2.40. The lowest BCUT2D eigenvalue weighted by atomic mass is 10.4. The first-order valence-electron chi connectivity index (χ1n) is 5.36. The highest BCUT2D eigenvalue weighted by Crippen LogP contribution is 2.21. The molecule has 1 aromatic heterocycles. The molecular formula is C10H16N4O4S. The highest BCUT2D eigenvalue weighted by molar-refractivity contribution is 7.94. The molecule has 0 bridgehead atoms. The van der Waals surface area contributed by atoms with E-state index in [2.05, 4.69) is 14.7 Å². The van der Waals surface area contributed by atoms with Crippen molar-refractivity contribution in [2.75, 3.05) is 25.9 Å². The topological polar surface area (TPSA) is 101 Å². The molecule has 1 heterocycles. The third kappa shape index (κ3) is 3.53. The second kappa shape index (κ2) is 5.83. The number of ether oxygens (including phenoxy) is 1. The third-order valence-corrected chi connectivity index (χ3v) is 4.00. The summed E-state index contributed by atoms with van der Waals surface area (Å²) in [6.07, 6.45) is 2.50. The first kappa shape index (κ1) is 15.2. The van der Waals surface area contributed by atoms with Crippen molar-refractivity contribution in [3.63, 3.8) is 0 Å². The average Bonchev–Trinajstić information content (AvgIpc) is 2.37. The zero-order valence-corrected chi connectivity index (χ0v) is 11.9. The largest absolute Gasteiger partial charge is 0.491 e. The van der Waals surface area contributed by atoms with E-state index in [1.807, 2.05) is 0 Å². The van der Waals surface area contributed by atoms with Crippen LogP contribution in [0.3, 0.4) is 0 Å². The van der Waals surface area contributed by atoms with Crippen molar-refractivity contribution in [1.82, 2.24) is 14.9 Å². The minimum absolute atomic E-state index is 0.00379. The van der Waals surface area contributed by atoms with Gasteiger partial charge in [-0.2, -0.15) is 0 Å². The second-order valence-electron chi connectivity index (χ2n) is 3.96. The van der Waals surface area contributed by atoms with Crippen LogP contribution < -0.4 is 9.46 Å². The molecule has 0 saturated heterocycles. The van der Waals surface area contributed by atoms with Gasteiger partial charge in [-0.05, 0) is 6.92 Å². The van der Waals surface area contributed by atoms with Gasteiger partial charge in [0, 0.05) is 14.1 Å². The average molecular weight is 288 g/mol. The van der Waals surface area contributed by atoms with Crippen LogP contribution in [0.4, 0.5) is 5.82 Å². The van der Waals surface area contributed by atoms with Crippen molar-refractivity contribution in [3.8, 4) is 5.75 Å². The van der Waals surface area contributed by atoms with Gasteiger partial charge in [-0.3, -0.25) is 9.52 Å². The Kier molecular flexibility index (Phi) is 4.65. The highest BCUT2D eigenvalue weighted by atomic mass is 32.2. The molecule has 0 aliphatic heterocycles. The molecule has 0 fully saturated rings. The Morgan fingerprint density at radius 1 is 1.47 bits per heavy atom. The van der Waals surface area contributed by atoms with E-state index in [1.165, 1.54) is 45.6 Å². The number of aromatic nitrogens is 2. The molecule has 106 valence electrons. The van der Waals surface area contributed by atoms with E-state index in [9.17, 15) is 13.2 Å². The molecule has 0 aliphatic rings. The summed E-state index contributed by atoms with van der Waals surface area (Å²) in [5, 5.41) is -1.23. The van der Waals surface area contributed by atoms with Crippen molar-refractivity contribution >= 4 is 21.7 Å². The first-order valence-corrected chi connectivity index (χ1v) is 6.91. The molecule has 1 unspecified atom stereocenters. The maximum atomic E-state index is 12.0. The molecule has 19 heavy (non-hydrogen) atoms. The number of methoxy groups -OCH3 is 1. The van der Waals surface area contributed by atoms with Gasteiger partial charge in [0.15, 0.2) is 16.8 Å². The molecule has 0 radical (unpaired) electrons. The van der Waals surface area contributed by atoms with Crippen LogP contribution in [0.25, 0.3) is 0 Å². The number of rotatable bonds is 5. The number of carbonyl (C=O) groups excluding carboxylic acids is 1. The van der Waals surface area contributed by atoms with Crippen LogP contribution in [0.5, 0.6) is 5.75 Å². The van der Waals surface area contributed by atoms with Gasteiger partial charge in [0.1, 0.15) is 6.33 Å². The molecule has 0 aromatic carbocycles. The van der Waals surface area contributed by atoms with Gasteiger partial charge in [0.2, 0.25) is 15.9 Å². The Morgan fingerprint density at radius 3 is 2.63 bits per heavy atom. The van der Waals surface area contributed by atoms with E-state index in [4.69, 9.17) is 4.74 Å². The summed E-state index contributed by atoms with van der Waals surface area (Å²) in [4.78, 5) is 20.4. The zero-order chi connectivity index (χ0) is 14.6. The number of nitrogens with zero attached hydrogens (tertiary/aromatic N) is 3. The van der Waals surface area contributed by atoms with E-state index in [0.29, 0.717) is 0 Å². The predicted octanol–water partition coefficient (Wildman–Crippen LogP) is -0.296. The van der Waals surface area contributed by atoms with Gasteiger partial charge in [0.25, 0.3) is 0 Å². The molecule has 0 aliphatic carbocycles. The zero-order valence-electron chi connectivity index (χ0n) is 11.1. The molecule has 1 amide bonds. The van der Waals surface area contributed by atoms with Crippen LogP contribution in [-0.4, -0.2) is 55.6 Å². The van der Waals surface area contributed by atoms with Gasteiger partial charge >= 0.3 is 0 Å². The van der Waals surface area contributed by atoms with Crippen LogP contribution in [0, 0.1) is 0 Å². The monoisotopic (exact) mass is 288 g/mol. The molecule has 0 spiro atoms. The fourth-order valence-corrected chi connectivity index (χ4v) is 2.34. The summed E-state index contributed by atoms with van der Waals surface area (Å²) in [6, 6.07) is 0. The van der Waals surface area contributed by atoms with E-state index >= 15 is 0 Å². The SMILES string of the molecule is COc1cncnc1NS(=O)(=O)C(C)C(=O)N(C)C. The van der Waals surface area contributed by atoms with Gasteiger partial charge in [0.05, 0.1) is 13.3 Å². The minimum atomic E-state index is -3.90. The second-order valence-corrected chi connectivity index (χ2v) is 5.96. The number of carbonyl (C=O) groups is 1. The molecule has 1 rings (SSSR count). The van der Waals surface area contributed by atoms with Crippen LogP contribution in [0.15, 0.2) is 12.5 Å². The van der Waals surface area contributed by atoms with Crippen LogP contribution in [-0.2, 0) is 14.8 Å². The maximum absolute atomic E-state index is 12.0. The number of amides is 1. The van der Waals surface area contributed by atoms with Crippen LogP contribution in [0.2, 0.25) is 0 Å². The Morgan fingerprint density at radius 2 is 2.11 bits per heavy atom. The first-order chi connectivity index (χ1) is 8.79. The maximum Gasteiger partial charge on any atom is 0.245 e. The normalized spacial score (nSPS) is 12.6. The standard InChI is InChI=1S/C10H16N4O4S/c1-7(10(15)14(2)3)19(16,17)13-9-8(18-4)5-11-6-12-9/h5-7H,1-4H3,(H,11,12,13). The van der Waals surface area contributed by atoms with Crippen molar-refractivity contribution in [1.29, 1.82) is 0 Å². The number of nitrogens with one attached hydrogen (secondary N) is 1. The Labute approximate surface area is 111 Å². The smallest absolute Gasteiger partial charge is 0.245 e. The fourth-order valence-electron chi connectivity index (χ4n) is 1.26. The molecule has 1 aromatic rings. The summed E-state index contributed by atoms with van der Waals surface area (Å²) in [6.45, 7) is 1.30. The van der Waals surface area contributed by atoms with Gasteiger partial charge in [-0.15, -0.1) is 0 Å². The molecule has 9 heteroatoms. The van der Waals surface area contributed by atoms with E-state index in [0.717, 1.165) is 0 Å². The lowest BCUT2D eigenvalue weighted by Gasteiger charge is -2.18. The van der Waals surface area contributed by atoms with E-state index in [1.54, 1.807) is 0 Å². The number of hydrogen-bond acceptors (Lipinski definition) is 6. The van der Waals surface area contributed by atoms with Gasteiger partial charge in [-0.1, -0.05) is 0 Å². The predicted molar refractivity (Wildman–Crippen MR) is 69.3 cm³/mol. The van der Waals surface area contributed by atoms with Crippen LogP contribution in [0.1, 0.15) is 6.92 Å². The number of hydrogen-bond donors (Lipinski definition) is 1. The van der Waals surface area contributed by atoms with Gasteiger partial charge < -0.3 is 9.64 Å². The molecule has 1 atom stereocenters. The van der Waals surface area contributed by atoms with Crippen molar-refractivity contribution in [2.45, 2.75) is 12.2 Å². The summed E-state index contributed by atoms with van der Waals surface area (Å²) < 4.78 is 31.2. The molecule has 8 nitrogen and oxygen atoms in total. The highest BCUT2D eigenvalue weighted by Gasteiger charge is 2.30. The summed E-state index contributed by atoms with van der Waals surface area (Å²) in [7, 11) is 0.436. The minimum Gasteiger partial charge on any atom is -0.491 e. The Bertz CT molecular complexity index is 558. The Balaban J connectivity index is 3.00. The van der Waals surface area contributed by atoms with Gasteiger partial charge in [-0.25, -0.2) is 18.4 Å². The lowest BCUT2D eigenvalue weighted by molar-refractivity contribution is -0.127. The molecule has 1 N–H and O–H groups in total. The summed E-state index contributed by atoms with van der Waals surface area (Å²) in [5.74, 6) is -0.355.